The van der Waals surface area contributed by atoms with Gasteiger partial charge in [0, 0.05) is 23.7 Å². The number of carbonyl (C=O) groups excluding carboxylic acids is 1. The molecule has 1 amide bonds. The summed E-state index contributed by atoms with van der Waals surface area (Å²) in [6.07, 6.45) is 6.00. The van der Waals surface area contributed by atoms with Gasteiger partial charge in [-0.1, -0.05) is 0 Å². The van der Waals surface area contributed by atoms with Crippen molar-refractivity contribution in [2.45, 2.75) is 43.8 Å². The van der Waals surface area contributed by atoms with Gasteiger partial charge in [-0.15, -0.1) is 0 Å². The lowest BCUT2D eigenvalue weighted by Crippen LogP contribution is -2.52. The number of nitrogens with one attached hydrogen (secondary N) is 2. The van der Waals surface area contributed by atoms with E-state index in [1.54, 1.807) is 22.8 Å². The number of imidazole rings is 1. The predicted octanol–water partition coefficient (Wildman–Crippen LogP) is 1.25. The summed E-state index contributed by atoms with van der Waals surface area (Å²) in [6.45, 7) is 0. The number of fused-ring (bicyclic) bond motifs is 3. The third kappa shape index (κ3) is 2.69. The zero-order valence-corrected chi connectivity index (χ0v) is 14.2. The maximum absolute atomic E-state index is 12.5. The van der Waals surface area contributed by atoms with E-state index in [9.17, 15) is 13.2 Å². The van der Waals surface area contributed by atoms with Crippen molar-refractivity contribution in [1.82, 2.24) is 19.6 Å². The van der Waals surface area contributed by atoms with Crippen LogP contribution in [0.25, 0.3) is 11.0 Å². The Morgan fingerprint density at radius 2 is 2.00 bits per heavy atom. The maximum Gasteiger partial charge on any atom is 0.251 e. The number of amides is 1. The fourth-order valence-corrected chi connectivity index (χ4v) is 5.61. The van der Waals surface area contributed by atoms with E-state index in [2.05, 4.69) is 15.3 Å². The lowest BCUT2D eigenvalue weighted by Gasteiger charge is -2.37. The number of H-pyrrole nitrogens is 1. The molecule has 1 aromatic heterocycles. The molecule has 0 aliphatic carbocycles. The number of carbonyl (C=O) groups is 1. The van der Waals surface area contributed by atoms with E-state index in [-0.39, 0.29) is 24.0 Å². The first-order chi connectivity index (χ1) is 11.4. The molecule has 2 aromatic rings. The highest BCUT2D eigenvalue weighted by Gasteiger charge is 2.45. The first-order valence-corrected chi connectivity index (χ1v) is 9.99. The summed E-state index contributed by atoms with van der Waals surface area (Å²) in [6, 6.07) is 5.41. The molecule has 24 heavy (non-hydrogen) atoms. The van der Waals surface area contributed by atoms with Gasteiger partial charge in [0.1, 0.15) is 0 Å². The molecule has 2 N–H and O–H groups in total. The van der Waals surface area contributed by atoms with Crippen LogP contribution in [0.15, 0.2) is 24.5 Å². The molecule has 128 valence electrons. The minimum atomic E-state index is -3.17. The molecular formula is C16H20N4O3S. The van der Waals surface area contributed by atoms with Crippen molar-refractivity contribution in [3.63, 3.8) is 0 Å². The summed E-state index contributed by atoms with van der Waals surface area (Å²) in [5.41, 5.74) is 2.24. The van der Waals surface area contributed by atoms with Gasteiger partial charge < -0.3 is 10.3 Å². The first kappa shape index (κ1) is 15.6. The zero-order chi connectivity index (χ0) is 16.9. The van der Waals surface area contributed by atoms with E-state index in [1.807, 2.05) is 6.07 Å². The van der Waals surface area contributed by atoms with Crippen molar-refractivity contribution in [3.05, 3.63) is 30.1 Å². The van der Waals surface area contributed by atoms with Gasteiger partial charge in [0.2, 0.25) is 10.0 Å². The van der Waals surface area contributed by atoms with Gasteiger partial charge in [-0.2, -0.15) is 4.31 Å². The Balaban J connectivity index is 1.47. The highest BCUT2D eigenvalue weighted by Crippen LogP contribution is 2.37. The highest BCUT2D eigenvalue weighted by molar-refractivity contribution is 7.88. The van der Waals surface area contributed by atoms with Crippen LogP contribution in [-0.2, 0) is 10.0 Å². The van der Waals surface area contributed by atoms with Gasteiger partial charge >= 0.3 is 0 Å². The van der Waals surface area contributed by atoms with Crippen LogP contribution in [0.5, 0.6) is 0 Å². The number of aromatic amines is 1. The van der Waals surface area contributed by atoms with Crippen LogP contribution in [0.3, 0.4) is 0 Å². The number of piperidine rings is 1. The third-order valence-electron chi connectivity index (χ3n) is 5.07. The maximum atomic E-state index is 12.5. The lowest BCUT2D eigenvalue weighted by molar-refractivity contribution is 0.0909. The van der Waals surface area contributed by atoms with Crippen molar-refractivity contribution in [2.75, 3.05) is 6.26 Å². The Bertz CT molecular complexity index is 878. The number of aromatic nitrogens is 2. The Hall–Kier alpha value is -1.93. The molecule has 0 radical (unpaired) electrons. The molecule has 2 aliphatic rings. The van der Waals surface area contributed by atoms with Gasteiger partial charge in [0.05, 0.1) is 23.6 Å². The third-order valence-corrected chi connectivity index (χ3v) is 6.43. The molecule has 8 heteroatoms. The molecule has 7 nitrogen and oxygen atoms in total. The van der Waals surface area contributed by atoms with Crippen LogP contribution in [0.1, 0.15) is 36.0 Å². The van der Waals surface area contributed by atoms with Gasteiger partial charge in [-0.25, -0.2) is 13.4 Å². The van der Waals surface area contributed by atoms with Crippen LogP contribution in [0.4, 0.5) is 0 Å². The topological polar surface area (TPSA) is 95.2 Å². The van der Waals surface area contributed by atoms with E-state index < -0.39 is 10.0 Å². The molecule has 2 saturated heterocycles. The molecule has 2 aliphatic heterocycles. The average molecular weight is 348 g/mol. The van der Waals surface area contributed by atoms with Gasteiger partial charge in [0.15, 0.2) is 0 Å². The Kier molecular flexibility index (Phi) is 3.61. The van der Waals surface area contributed by atoms with Gasteiger partial charge in [-0.05, 0) is 43.9 Å². The van der Waals surface area contributed by atoms with Crippen LogP contribution in [0.2, 0.25) is 0 Å². The van der Waals surface area contributed by atoms with Crippen molar-refractivity contribution in [3.8, 4) is 0 Å². The smallest absolute Gasteiger partial charge is 0.251 e. The second-order valence-electron chi connectivity index (χ2n) is 6.75. The van der Waals surface area contributed by atoms with Crippen molar-refractivity contribution in [1.29, 1.82) is 0 Å². The van der Waals surface area contributed by atoms with Gasteiger partial charge in [-0.3, -0.25) is 4.79 Å². The number of hydrogen-bond acceptors (Lipinski definition) is 4. The number of nitrogens with zero attached hydrogens (tertiary/aromatic N) is 2. The molecule has 2 unspecified atom stereocenters. The standard InChI is InChI=1S/C16H20N4O3S/c1-24(22,23)20-12-3-4-13(20)8-11(7-12)19-16(21)10-2-5-14-15(6-10)18-9-17-14/h2,5-6,9,11-13H,3-4,7-8H2,1H3,(H,17,18)(H,19,21). The van der Waals surface area contributed by atoms with Gasteiger partial charge in [0.25, 0.3) is 5.91 Å². The van der Waals surface area contributed by atoms with Crippen molar-refractivity contribution >= 4 is 27.0 Å². The molecule has 1 aromatic carbocycles. The minimum Gasteiger partial charge on any atom is -0.349 e. The Morgan fingerprint density at radius 3 is 2.67 bits per heavy atom. The molecule has 0 spiro atoms. The zero-order valence-electron chi connectivity index (χ0n) is 13.4. The fraction of sp³-hybridized carbons (Fsp3) is 0.500. The molecule has 2 atom stereocenters. The summed E-state index contributed by atoms with van der Waals surface area (Å²) in [4.78, 5) is 19.7. The predicted molar refractivity (Wildman–Crippen MR) is 90.1 cm³/mol. The molecule has 0 saturated carbocycles. The van der Waals surface area contributed by atoms with E-state index in [0.29, 0.717) is 18.4 Å². The van der Waals surface area contributed by atoms with Crippen LogP contribution in [0, 0.1) is 0 Å². The van der Waals surface area contributed by atoms with Crippen LogP contribution >= 0.6 is 0 Å². The Labute approximate surface area is 140 Å². The molecule has 2 bridgehead atoms. The summed E-state index contributed by atoms with van der Waals surface area (Å²) in [5, 5.41) is 3.07. The molecule has 4 rings (SSSR count). The summed E-state index contributed by atoms with van der Waals surface area (Å²) in [5.74, 6) is -0.122. The monoisotopic (exact) mass is 348 g/mol. The minimum absolute atomic E-state index is 0.0131. The fourth-order valence-electron chi connectivity index (χ4n) is 4.14. The van der Waals surface area contributed by atoms with E-state index in [4.69, 9.17) is 0 Å². The quantitative estimate of drug-likeness (QED) is 0.873. The normalized spacial score (nSPS) is 27.5. The van der Waals surface area contributed by atoms with Crippen LogP contribution < -0.4 is 5.32 Å². The molecule has 2 fully saturated rings. The summed E-state index contributed by atoms with van der Waals surface area (Å²) < 4.78 is 25.5. The Morgan fingerprint density at radius 1 is 1.29 bits per heavy atom. The summed E-state index contributed by atoms with van der Waals surface area (Å²) >= 11 is 0. The number of rotatable bonds is 3. The van der Waals surface area contributed by atoms with Crippen molar-refractivity contribution < 1.29 is 13.2 Å². The molecular weight excluding hydrogens is 328 g/mol. The number of sulfonamides is 1. The van der Waals surface area contributed by atoms with E-state index in [1.165, 1.54) is 6.26 Å². The average Bonchev–Trinajstić information content (AvgIpc) is 3.09. The van der Waals surface area contributed by atoms with E-state index in [0.717, 1.165) is 23.9 Å². The van der Waals surface area contributed by atoms with Crippen molar-refractivity contribution in [2.24, 2.45) is 0 Å². The first-order valence-electron chi connectivity index (χ1n) is 8.14. The lowest BCUT2D eigenvalue weighted by atomic mass is 9.99. The van der Waals surface area contributed by atoms with Crippen LogP contribution in [-0.4, -0.2) is 53.0 Å². The highest BCUT2D eigenvalue weighted by atomic mass is 32.2. The molecule has 3 heterocycles. The second kappa shape index (κ2) is 5.56. The number of benzene rings is 1. The van der Waals surface area contributed by atoms with E-state index >= 15 is 0 Å². The largest absolute Gasteiger partial charge is 0.349 e. The summed E-state index contributed by atoms with van der Waals surface area (Å²) in [7, 11) is -3.17. The SMILES string of the molecule is CS(=O)(=O)N1C2CCC1CC(NC(=O)c1ccc3nc[nH]c3c1)C2. The second-order valence-corrected chi connectivity index (χ2v) is 8.64. The number of hydrogen-bond donors (Lipinski definition) is 2.